The Balaban J connectivity index is 1.76. The molecule has 0 saturated heterocycles. The van der Waals surface area contributed by atoms with Crippen molar-refractivity contribution in [3.05, 3.63) is 48.3 Å². The molecule has 1 amide bonds. The maximum atomic E-state index is 11.6. The van der Waals surface area contributed by atoms with Gasteiger partial charge in [0.1, 0.15) is 11.7 Å². The number of imidazole rings is 1. The summed E-state index contributed by atoms with van der Waals surface area (Å²) in [6, 6.07) is 8.42. The summed E-state index contributed by atoms with van der Waals surface area (Å²) in [6.45, 7) is 1.38. The van der Waals surface area contributed by atoms with Crippen LogP contribution in [0.25, 0.3) is 17.0 Å². The summed E-state index contributed by atoms with van der Waals surface area (Å²) in [5, 5.41) is 0. The summed E-state index contributed by atoms with van der Waals surface area (Å²) >= 11 is 5.60. The fourth-order valence-electron chi connectivity index (χ4n) is 2.72. The average molecular weight is 316 g/mol. The van der Waals surface area contributed by atoms with Gasteiger partial charge >= 0.3 is 0 Å². The molecule has 4 nitrogen and oxygen atoms in total. The third-order valence-corrected chi connectivity index (χ3v) is 4.24. The van der Waals surface area contributed by atoms with E-state index in [0.717, 1.165) is 24.4 Å². The number of alkyl halides is 1. The lowest BCUT2D eigenvalue weighted by Gasteiger charge is -2.26. The molecular formula is C17H18ClN3O. The first-order valence-corrected chi connectivity index (χ1v) is 7.83. The Labute approximate surface area is 135 Å². The van der Waals surface area contributed by atoms with Crippen molar-refractivity contribution in [1.82, 2.24) is 14.5 Å². The number of amides is 1. The second kappa shape index (κ2) is 6.36. The van der Waals surface area contributed by atoms with Gasteiger partial charge in [0.15, 0.2) is 0 Å². The van der Waals surface area contributed by atoms with Crippen molar-refractivity contribution >= 4 is 23.1 Å². The largest absolute Gasteiger partial charge is 0.338 e. The first kappa shape index (κ1) is 14.9. The zero-order valence-electron chi connectivity index (χ0n) is 12.5. The molecule has 1 aromatic heterocycles. The summed E-state index contributed by atoms with van der Waals surface area (Å²) in [7, 11) is 1.99. The molecular weight excluding hydrogens is 298 g/mol. The molecule has 0 atom stereocenters. The summed E-state index contributed by atoms with van der Waals surface area (Å²) < 4.78 is 2.00. The Hall–Kier alpha value is -2.07. The van der Waals surface area contributed by atoms with Crippen LogP contribution in [-0.2, 0) is 11.8 Å². The Morgan fingerprint density at radius 2 is 2.00 bits per heavy atom. The molecule has 0 unspecified atom stereocenters. The van der Waals surface area contributed by atoms with E-state index < -0.39 is 0 Å². The van der Waals surface area contributed by atoms with Crippen molar-refractivity contribution in [1.29, 1.82) is 0 Å². The van der Waals surface area contributed by atoms with Gasteiger partial charge in [0.05, 0.1) is 0 Å². The van der Waals surface area contributed by atoms with Gasteiger partial charge in [-0.05, 0) is 17.6 Å². The second-order valence-electron chi connectivity index (χ2n) is 5.39. The average Bonchev–Trinajstić information content (AvgIpc) is 3.00. The molecule has 2 heterocycles. The third kappa shape index (κ3) is 2.92. The van der Waals surface area contributed by atoms with Crippen molar-refractivity contribution in [2.24, 2.45) is 7.05 Å². The van der Waals surface area contributed by atoms with E-state index in [4.69, 9.17) is 11.6 Å². The number of nitrogens with zero attached hydrogens (tertiary/aromatic N) is 3. The zero-order valence-corrected chi connectivity index (χ0v) is 13.3. The highest BCUT2D eigenvalue weighted by Gasteiger charge is 2.17. The van der Waals surface area contributed by atoms with Gasteiger partial charge in [0, 0.05) is 38.1 Å². The molecule has 0 saturated carbocycles. The van der Waals surface area contributed by atoms with Gasteiger partial charge in [-0.2, -0.15) is 0 Å². The highest BCUT2D eigenvalue weighted by Crippen LogP contribution is 2.25. The Bertz CT molecular complexity index is 703. The molecule has 0 radical (unpaired) electrons. The molecule has 1 aliphatic heterocycles. The number of aromatic nitrogens is 2. The monoisotopic (exact) mass is 315 g/mol. The lowest BCUT2D eigenvalue weighted by atomic mass is 9.98. The summed E-state index contributed by atoms with van der Waals surface area (Å²) in [6.07, 6.45) is 6.72. The number of hydrogen-bond donors (Lipinski definition) is 0. The van der Waals surface area contributed by atoms with Gasteiger partial charge in [0.2, 0.25) is 5.91 Å². The molecule has 1 aliphatic rings. The number of aryl methyl sites for hydroxylation is 1. The Kier molecular flexibility index (Phi) is 4.29. The molecule has 0 fully saturated rings. The minimum Gasteiger partial charge on any atom is -0.338 e. The Morgan fingerprint density at radius 3 is 2.55 bits per heavy atom. The minimum atomic E-state index is 0.00194. The molecule has 0 aliphatic carbocycles. The maximum Gasteiger partial charge on any atom is 0.237 e. The number of carbonyl (C=O) groups is 1. The molecule has 3 rings (SSSR count). The van der Waals surface area contributed by atoms with Crippen molar-refractivity contribution in [3.8, 4) is 11.4 Å². The lowest BCUT2D eigenvalue weighted by molar-refractivity contribution is -0.128. The lowest BCUT2D eigenvalue weighted by Crippen LogP contribution is -2.35. The smallest absolute Gasteiger partial charge is 0.237 e. The highest BCUT2D eigenvalue weighted by atomic mass is 35.5. The quantitative estimate of drug-likeness (QED) is 0.817. The summed E-state index contributed by atoms with van der Waals surface area (Å²) in [5.74, 6) is 1.02. The molecule has 0 spiro atoms. The van der Waals surface area contributed by atoms with Gasteiger partial charge in [-0.25, -0.2) is 4.98 Å². The molecule has 0 bridgehead atoms. The maximum absolute atomic E-state index is 11.6. The zero-order chi connectivity index (χ0) is 15.5. The van der Waals surface area contributed by atoms with Gasteiger partial charge in [-0.15, -0.1) is 11.6 Å². The molecule has 5 heteroatoms. The fraction of sp³-hybridized carbons (Fsp3) is 0.294. The van der Waals surface area contributed by atoms with E-state index in [9.17, 15) is 4.79 Å². The highest BCUT2D eigenvalue weighted by molar-refractivity contribution is 6.27. The van der Waals surface area contributed by atoms with Crippen molar-refractivity contribution in [2.75, 3.05) is 19.0 Å². The number of rotatable bonds is 3. The minimum absolute atomic E-state index is 0.00194. The van der Waals surface area contributed by atoms with Gasteiger partial charge in [-0.1, -0.05) is 30.3 Å². The molecule has 22 heavy (non-hydrogen) atoms. The van der Waals surface area contributed by atoms with E-state index in [1.54, 1.807) is 11.1 Å². The third-order valence-electron chi connectivity index (χ3n) is 4.01. The van der Waals surface area contributed by atoms with Crippen LogP contribution in [0.5, 0.6) is 0 Å². The summed E-state index contributed by atoms with van der Waals surface area (Å²) in [5.41, 5.74) is 3.59. The van der Waals surface area contributed by atoms with Crippen LogP contribution in [0, 0.1) is 0 Å². The van der Waals surface area contributed by atoms with Crippen LogP contribution in [0.2, 0.25) is 0 Å². The Morgan fingerprint density at radius 1 is 1.27 bits per heavy atom. The topological polar surface area (TPSA) is 38.1 Å². The standard InChI is InChI=1S/C17H18ClN3O/c1-20-11-8-19-17(20)15-4-2-13(3-5-15)14-6-9-21(10-7-14)16(22)12-18/h2-6,8,11H,7,9-10,12H2,1H3. The molecule has 2 aromatic rings. The van der Waals surface area contributed by atoms with Gasteiger partial charge in [0.25, 0.3) is 0 Å². The second-order valence-corrected chi connectivity index (χ2v) is 5.66. The first-order valence-electron chi connectivity index (χ1n) is 7.30. The van der Waals surface area contributed by atoms with E-state index in [1.165, 1.54) is 11.1 Å². The van der Waals surface area contributed by atoms with Crippen LogP contribution in [0.15, 0.2) is 42.7 Å². The van der Waals surface area contributed by atoms with Crippen LogP contribution in [0.1, 0.15) is 12.0 Å². The van der Waals surface area contributed by atoms with Crippen LogP contribution < -0.4 is 0 Å². The van der Waals surface area contributed by atoms with Gasteiger partial charge in [-0.3, -0.25) is 4.79 Å². The molecule has 0 N–H and O–H groups in total. The number of carbonyl (C=O) groups excluding carboxylic acids is 1. The van der Waals surface area contributed by atoms with E-state index in [1.807, 2.05) is 17.8 Å². The van der Waals surface area contributed by atoms with E-state index in [-0.39, 0.29) is 11.8 Å². The van der Waals surface area contributed by atoms with Crippen molar-refractivity contribution < 1.29 is 4.79 Å². The van der Waals surface area contributed by atoms with Gasteiger partial charge < -0.3 is 9.47 Å². The number of halogens is 1. The predicted molar refractivity (Wildman–Crippen MR) is 88.5 cm³/mol. The van der Waals surface area contributed by atoms with E-state index in [0.29, 0.717) is 6.54 Å². The van der Waals surface area contributed by atoms with Crippen LogP contribution in [0.3, 0.4) is 0 Å². The SMILES string of the molecule is Cn1ccnc1-c1ccc(C2=CCN(C(=O)CCl)CC2)cc1. The predicted octanol–water partition coefficient (Wildman–Crippen LogP) is 2.94. The molecule has 114 valence electrons. The molecule has 1 aromatic carbocycles. The van der Waals surface area contributed by atoms with Crippen LogP contribution in [0.4, 0.5) is 0 Å². The van der Waals surface area contributed by atoms with Crippen molar-refractivity contribution in [2.45, 2.75) is 6.42 Å². The van der Waals surface area contributed by atoms with Crippen LogP contribution in [-0.4, -0.2) is 39.3 Å². The van der Waals surface area contributed by atoms with E-state index >= 15 is 0 Å². The normalized spacial score (nSPS) is 14.8. The number of benzene rings is 1. The first-order chi connectivity index (χ1) is 10.7. The van der Waals surface area contributed by atoms with E-state index in [2.05, 4.69) is 35.3 Å². The fourth-order valence-corrected chi connectivity index (χ4v) is 2.89. The number of hydrogen-bond acceptors (Lipinski definition) is 2. The van der Waals surface area contributed by atoms with Crippen LogP contribution >= 0.6 is 11.6 Å². The van der Waals surface area contributed by atoms with Crippen molar-refractivity contribution in [3.63, 3.8) is 0 Å². The summed E-state index contributed by atoms with van der Waals surface area (Å²) in [4.78, 5) is 17.7.